The summed E-state index contributed by atoms with van der Waals surface area (Å²) < 4.78 is 18.4. The molecule has 7 nitrogen and oxygen atoms in total. The van der Waals surface area contributed by atoms with E-state index in [2.05, 4.69) is 0 Å². The molecule has 0 radical (unpaired) electrons. The zero-order chi connectivity index (χ0) is 20.4. The van der Waals surface area contributed by atoms with E-state index >= 15 is 0 Å². The molecule has 0 saturated carbocycles. The molecule has 1 atom stereocenters. The molecular formula is C20H16FNO6. The van der Waals surface area contributed by atoms with Gasteiger partial charge in [0.05, 0.1) is 11.6 Å². The van der Waals surface area contributed by atoms with Crippen molar-refractivity contribution in [2.24, 2.45) is 0 Å². The van der Waals surface area contributed by atoms with Crippen LogP contribution in [0.25, 0.3) is 0 Å². The number of carboxylic acid groups (broad SMARTS) is 1. The van der Waals surface area contributed by atoms with Crippen molar-refractivity contribution in [1.29, 1.82) is 0 Å². The second-order valence-electron chi connectivity index (χ2n) is 6.12. The Morgan fingerprint density at radius 1 is 1.11 bits per heavy atom. The van der Waals surface area contributed by atoms with E-state index in [0.717, 1.165) is 0 Å². The second-order valence-corrected chi connectivity index (χ2v) is 6.12. The Morgan fingerprint density at radius 3 is 2.25 bits per heavy atom. The molecule has 0 saturated heterocycles. The number of hydrogen-bond acceptors (Lipinski definition) is 5. The number of ether oxygens (including phenoxy) is 1. The largest absolute Gasteiger partial charge is 0.503 e. The van der Waals surface area contributed by atoms with Crippen molar-refractivity contribution in [2.45, 2.75) is 13.0 Å². The first kappa shape index (κ1) is 19.1. The number of halogens is 1. The number of ketones is 1. The van der Waals surface area contributed by atoms with Gasteiger partial charge in [0.25, 0.3) is 5.91 Å². The van der Waals surface area contributed by atoms with E-state index in [1.165, 1.54) is 60.4 Å². The summed E-state index contributed by atoms with van der Waals surface area (Å²) in [5.41, 5.74) is 0.725. The SMILES string of the molecule is CC(=O)C1=C(O)C(=O)N(c2ccc(OCC(=O)O)cc2)C1c1ccc(F)cc1. The lowest BCUT2D eigenvalue weighted by atomic mass is 9.96. The normalized spacial score (nSPS) is 16.4. The lowest BCUT2D eigenvalue weighted by Gasteiger charge is -2.26. The van der Waals surface area contributed by atoms with Crippen LogP contribution in [0.3, 0.4) is 0 Å². The van der Waals surface area contributed by atoms with Gasteiger partial charge in [-0.05, 0) is 48.9 Å². The molecule has 2 aromatic carbocycles. The molecule has 2 N–H and O–H groups in total. The molecule has 0 fully saturated rings. The Morgan fingerprint density at radius 2 is 1.71 bits per heavy atom. The van der Waals surface area contributed by atoms with Crippen LogP contribution in [-0.4, -0.2) is 34.5 Å². The van der Waals surface area contributed by atoms with Gasteiger partial charge in [-0.2, -0.15) is 0 Å². The van der Waals surface area contributed by atoms with Gasteiger partial charge in [0.2, 0.25) is 0 Å². The van der Waals surface area contributed by atoms with Gasteiger partial charge < -0.3 is 14.9 Å². The number of Topliss-reactive ketones (excluding diaryl/α,β-unsaturated/α-hetero) is 1. The van der Waals surface area contributed by atoms with Gasteiger partial charge in [-0.15, -0.1) is 0 Å². The van der Waals surface area contributed by atoms with Gasteiger partial charge in [-0.3, -0.25) is 14.5 Å². The highest BCUT2D eigenvalue weighted by molar-refractivity contribution is 6.16. The van der Waals surface area contributed by atoms with Gasteiger partial charge in [0, 0.05) is 5.69 Å². The molecule has 1 aliphatic rings. The molecule has 0 bridgehead atoms. The van der Waals surface area contributed by atoms with Crippen LogP contribution in [0.15, 0.2) is 59.9 Å². The fourth-order valence-corrected chi connectivity index (χ4v) is 3.04. The zero-order valence-electron chi connectivity index (χ0n) is 14.8. The minimum absolute atomic E-state index is 0.0807. The van der Waals surface area contributed by atoms with E-state index in [1.54, 1.807) is 0 Å². The molecule has 1 aliphatic heterocycles. The van der Waals surface area contributed by atoms with Crippen molar-refractivity contribution in [3.8, 4) is 5.75 Å². The Bertz CT molecular complexity index is 965. The molecule has 28 heavy (non-hydrogen) atoms. The lowest BCUT2D eigenvalue weighted by molar-refractivity contribution is -0.139. The highest BCUT2D eigenvalue weighted by atomic mass is 19.1. The zero-order valence-corrected chi connectivity index (χ0v) is 14.8. The first-order valence-electron chi connectivity index (χ1n) is 8.27. The summed E-state index contributed by atoms with van der Waals surface area (Å²) in [4.78, 5) is 36.5. The number of benzene rings is 2. The smallest absolute Gasteiger partial charge is 0.341 e. The van der Waals surface area contributed by atoms with Crippen molar-refractivity contribution in [3.05, 3.63) is 71.2 Å². The first-order chi connectivity index (χ1) is 13.3. The number of amides is 1. The summed E-state index contributed by atoms with van der Waals surface area (Å²) in [6.45, 7) is 0.721. The number of anilines is 1. The van der Waals surface area contributed by atoms with Crippen LogP contribution in [0.1, 0.15) is 18.5 Å². The molecule has 144 valence electrons. The number of aliphatic carboxylic acids is 1. The molecular weight excluding hydrogens is 369 g/mol. The Labute approximate surface area is 159 Å². The van der Waals surface area contributed by atoms with Crippen LogP contribution in [0.2, 0.25) is 0 Å². The van der Waals surface area contributed by atoms with Crippen molar-refractivity contribution in [1.82, 2.24) is 0 Å². The van der Waals surface area contributed by atoms with Crippen LogP contribution < -0.4 is 9.64 Å². The fraction of sp³-hybridized carbons (Fsp3) is 0.150. The highest BCUT2D eigenvalue weighted by Crippen LogP contribution is 2.41. The van der Waals surface area contributed by atoms with Gasteiger partial charge in [-0.1, -0.05) is 12.1 Å². The summed E-state index contributed by atoms with van der Waals surface area (Å²) in [5, 5.41) is 18.9. The molecule has 0 spiro atoms. The second kappa shape index (κ2) is 7.51. The Kier molecular flexibility index (Phi) is 5.12. The number of aliphatic hydroxyl groups is 1. The van der Waals surface area contributed by atoms with Gasteiger partial charge in [0.15, 0.2) is 18.1 Å². The predicted molar refractivity (Wildman–Crippen MR) is 96.5 cm³/mol. The Hall–Kier alpha value is -3.68. The molecule has 1 unspecified atom stereocenters. The predicted octanol–water partition coefficient (Wildman–Crippen LogP) is 2.78. The molecule has 1 heterocycles. The van der Waals surface area contributed by atoms with E-state index in [-0.39, 0.29) is 11.3 Å². The van der Waals surface area contributed by atoms with Crippen molar-refractivity contribution in [2.75, 3.05) is 11.5 Å². The van der Waals surface area contributed by atoms with E-state index in [9.17, 15) is 23.9 Å². The summed E-state index contributed by atoms with van der Waals surface area (Å²) in [6, 6.07) is 10.3. The molecule has 1 amide bonds. The van der Waals surface area contributed by atoms with E-state index in [4.69, 9.17) is 9.84 Å². The third-order valence-corrected chi connectivity index (χ3v) is 4.25. The molecule has 0 aliphatic carbocycles. The number of aliphatic hydroxyl groups excluding tert-OH is 1. The first-order valence-corrected chi connectivity index (χ1v) is 8.27. The minimum Gasteiger partial charge on any atom is -0.503 e. The fourth-order valence-electron chi connectivity index (χ4n) is 3.04. The monoisotopic (exact) mass is 385 g/mol. The summed E-state index contributed by atoms with van der Waals surface area (Å²) in [5.74, 6) is -3.23. The molecule has 3 rings (SSSR count). The maximum Gasteiger partial charge on any atom is 0.341 e. The van der Waals surface area contributed by atoms with Crippen molar-refractivity contribution >= 4 is 23.3 Å². The summed E-state index contributed by atoms with van der Waals surface area (Å²) in [6.07, 6.45) is 0. The standard InChI is InChI=1S/C20H16FNO6/c1-11(23)17-18(12-2-4-13(21)5-3-12)22(20(27)19(17)26)14-6-8-15(9-7-14)28-10-16(24)25/h2-9,18,26H,10H2,1H3,(H,24,25). The van der Waals surface area contributed by atoms with Crippen molar-refractivity contribution < 1.29 is 33.7 Å². The minimum atomic E-state index is -1.13. The number of hydrogen-bond donors (Lipinski definition) is 2. The number of rotatable bonds is 6. The van der Waals surface area contributed by atoms with Crippen molar-refractivity contribution in [3.63, 3.8) is 0 Å². The average molecular weight is 385 g/mol. The van der Waals surface area contributed by atoms with E-state index in [1.807, 2.05) is 0 Å². The van der Waals surface area contributed by atoms with Gasteiger partial charge in [-0.25, -0.2) is 9.18 Å². The quantitative estimate of drug-likeness (QED) is 0.792. The third kappa shape index (κ3) is 3.57. The summed E-state index contributed by atoms with van der Waals surface area (Å²) >= 11 is 0. The molecule has 2 aromatic rings. The van der Waals surface area contributed by atoms with Crippen LogP contribution >= 0.6 is 0 Å². The molecule has 8 heteroatoms. The molecule has 0 aromatic heterocycles. The topological polar surface area (TPSA) is 104 Å². The number of carbonyl (C=O) groups excluding carboxylic acids is 2. The third-order valence-electron chi connectivity index (χ3n) is 4.25. The van der Waals surface area contributed by atoms with E-state index in [0.29, 0.717) is 11.3 Å². The highest BCUT2D eigenvalue weighted by Gasteiger charge is 2.43. The van der Waals surface area contributed by atoms with Crippen LogP contribution in [-0.2, 0) is 14.4 Å². The maximum absolute atomic E-state index is 13.3. The van der Waals surface area contributed by atoms with Crippen LogP contribution in [0, 0.1) is 5.82 Å². The average Bonchev–Trinajstić information content (AvgIpc) is 2.92. The maximum atomic E-state index is 13.3. The Balaban J connectivity index is 2.00. The van der Waals surface area contributed by atoms with Gasteiger partial charge in [0.1, 0.15) is 11.6 Å². The van der Waals surface area contributed by atoms with E-state index < -0.39 is 41.9 Å². The summed E-state index contributed by atoms with van der Waals surface area (Å²) in [7, 11) is 0. The van der Waals surface area contributed by atoms with Crippen LogP contribution in [0.4, 0.5) is 10.1 Å². The lowest BCUT2D eigenvalue weighted by Crippen LogP contribution is -2.30. The van der Waals surface area contributed by atoms with Gasteiger partial charge >= 0.3 is 5.97 Å². The number of carboxylic acids is 1. The number of carbonyl (C=O) groups is 3. The van der Waals surface area contributed by atoms with Crippen LogP contribution in [0.5, 0.6) is 5.75 Å². The number of nitrogens with zero attached hydrogens (tertiary/aromatic N) is 1.